The Morgan fingerprint density at radius 2 is 1.54 bits per heavy atom. The second kappa shape index (κ2) is 5.90. The van der Waals surface area contributed by atoms with Crippen molar-refractivity contribution in [3.63, 3.8) is 0 Å². The van der Waals surface area contributed by atoms with E-state index in [9.17, 15) is 4.79 Å². The Kier molecular flexibility index (Phi) is 3.59. The van der Waals surface area contributed by atoms with Crippen molar-refractivity contribution in [3.05, 3.63) is 70.3 Å². The van der Waals surface area contributed by atoms with Crippen LogP contribution in [-0.4, -0.2) is 17.0 Å². The summed E-state index contributed by atoms with van der Waals surface area (Å²) >= 11 is 1.40. The van der Waals surface area contributed by atoms with E-state index in [4.69, 9.17) is 4.98 Å². The minimum atomic E-state index is -0.248. The number of aromatic nitrogens is 2. The molecule has 4 aromatic rings. The molecule has 2 aromatic heterocycles. The molecule has 2 heterocycles. The first-order valence-corrected chi connectivity index (χ1v) is 8.34. The van der Waals surface area contributed by atoms with Crippen LogP contribution in [0.15, 0.2) is 64.8 Å². The van der Waals surface area contributed by atoms with E-state index in [1.165, 1.54) is 17.4 Å². The van der Waals surface area contributed by atoms with Crippen molar-refractivity contribution < 1.29 is 0 Å². The number of nitrogens with one attached hydrogen (secondary N) is 1. The van der Waals surface area contributed by atoms with Crippen LogP contribution in [0.3, 0.4) is 0 Å². The number of pyridine rings is 1. The topological polar surface area (TPSA) is 58.1 Å². The molecule has 0 aliphatic heterocycles. The molecule has 0 saturated carbocycles. The molecule has 0 saturated heterocycles. The minimum Gasteiger partial charge on any atom is -0.295 e. The third-order valence-corrected chi connectivity index (χ3v) is 4.59. The summed E-state index contributed by atoms with van der Waals surface area (Å²) in [5.41, 5.74) is 5.91. The molecule has 0 radical (unpaired) electrons. The highest BCUT2D eigenvalue weighted by Gasteiger charge is 2.11. The molecule has 0 unspecified atom stereocenters. The fourth-order valence-corrected chi connectivity index (χ4v) is 3.29. The maximum atomic E-state index is 11.5. The van der Waals surface area contributed by atoms with Gasteiger partial charge in [-0.3, -0.25) is 15.2 Å². The Bertz CT molecular complexity index is 1040. The van der Waals surface area contributed by atoms with E-state index in [0.717, 1.165) is 27.5 Å². The summed E-state index contributed by atoms with van der Waals surface area (Å²) in [6.07, 6.45) is 0. The lowest BCUT2D eigenvalue weighted by molar-refractivity contribution is 1.06. The zero-order chi connectivity index (χ0) is 16.5. The smallest absolute Gasteiger partial charge is 0.273 e. The van der Waals surface area contributed by atoms with Crippen LogP contribution in [0.1, 0.15) is 0 Å². The maximum Gasteiger partial charge on any atom is 0.273 e. The number of fused-ring (bicyclic) bond motifs is 2. The van der Waals surface area contributed by atoms with E-state index < -0.39 is 0 Å². The molecule has 4 rings (SSSR count). The molecular weight excluding hydrogens is 320 g/mol. The second-order valence-corrected chi connectivity index (χ2v) is 6.22. The Morgan fingerprint density at radius 3 is 2.17 bits per heavy atom. The third kappa shape index (κ3) is 2.57. The number of hydrazine groups is 1. The van der Waals surface area contributed by atoms with E-state index in [1.807, 2.05) is 55.6 Å². The van der Waals surface area contributed by atoms with Crippen molar-refractivity contribution in [1.29, 1.82) is 0 Å². The predicted octanol–water partition coefficient (Wildman–Crippen LogP) is 3.67. The van der Waals surface area contributed by atoms with Gasteiger partial charge in [-0.05, 0) is 17.5 Å². The molecule has 1 N–H and O–H groups in total. The third-order valence-electron chi connectivity index (χ3n) is 3.74. The molecule has 2 aromatic carbocycles. The molecule has 0 atom stereocenters. The molecule has 6 heteroatoms. The lowest BCUT2D eigenvalue weighted by Crippen LogP contribution is -2.26. The monoisotopic (exact) mass is 334 g/mol. The van der Waals surface area contributed by atoms with Gasteiger partial charge in [-0.2, -0.15) is 4.98 Å². The first-order valence-electron chi connectivity index (χ1n) is 7.46. The van der Waals surface area contributed by atoms with E-state index in [0.29, 0.717) is 5.13 Å². The van der Waals surface area contributed by atoms with Crippen LogP contribution in [0.4, 0.5) is 10.8 Å². The van der Waals surface area contributed by atoms with Gasteiger partial charge in [0.25, 0.3) is 5.56 Å². The highest BCUT2D eigenvalue weighted by molar-refractivity contribution is 7.13. The lowest BCUT2D eigenvalue weighted by atomic mass is 10.1. The van der Waals surface area contributed by atoms with Crippen LogP contribution in [0.2, 0.25) is 0 Å². The SMILES string of the molecule is CN(Nc1c2ccccc2nc2ccccc12)c1nc(=O)ccs1. The molecule has 0 spiro atoms. The average molecular weight is 334 g/mol. The van der Waals surface area contributed by atoms with Gasteiger partial charge in [-0.15, -0.1) is 11.3 Å². The van der Waals surface area contributed by atoms with E-state index in [1.54, 1.807) is 10.4 Å². The van der Waals surface area contributed by atoms with Gasteiger partial charge in [0, 0.05) is 23.9 Å². The largest absolute Gasteiger partial charge is 0.295 e. The number of hydrogen-bond donors (Lipinski definition) is 1. The molecule has 24 heavy (non-hydrogen) atoms. The molecule has 118 valence electrons. The molecular formula is C18H14N4OS. The zero-order valence-electron chi connectivity index (χ0n) is 12.9. The minimum absolute atomic E-state index is 0.248. The number of rotatable bonds is 3. The number of benzene rings is 2. The van der Waals surface area contributed by atoms with Gasteiger partial charge in [0.15, 0.2) is 0 Å². The van der Waals surface area contributed by atoms with E-state index in [-0.39, 0.29) is 5.56 Å². The molecule has 0 amide bonds. The van der Waals surface area contributed by atoms with Gasteiger partial charge >= 0.3 is 0 Å². The van der Waals surface area contributed by atoms with Crippen molar-refractivity contribution in [2.75, 3.05) is 17.5 Å². The zero-order valence-corrected chi connectivity index (χ0v) is 13.7. The van der Waals surface area contributed by atoms with Gasteiger partial charge in [-0.25, -0.2) is 4.98 Å². The molecule has 5 nitrogen and oxygen atoms in total. The summed E-state index contributed by atoms with van der Waals surface area (Å²) < 4.78 is 0. The summed E-state index contributed by atoms with van der Waals surface area (Å²) in [5, 5.41) is 6.15. The van der Waals surface area contributed by atoms with Gasteiger partial charge in [0.1, 0.15) is 0 Å². The Morgan fingerprint density at radius 1 is 0.917 bits per heavy atom. The summed E-state index contributed by atoms with van der Waals surface area (Å²) in [5.74, 6) is 0. The van der Waals surface area contributed by atoms with Crippen molar-refractivity contribution >= 4 is 44.0 Å². The van der Waals surface area contributed by atoms with Crippen LogP contribution in [0, 0.1) is 0 Å². The summed E-state index contributed by atoms with van der Waals surface area (Å²) in [6.45, 7) is 0. The summed E-state index contributed by atoms with van der Waals surface area (Å²) in [7, 11) is 1.85. The lowest BCUT2D eigenvalue weighted by Gasteiger charge is -2.21. The van der Waals surface area contributed by atoms with E-state index >= 15 is 0 Å². The second-order valence-electron chi connectivity index (χ2n) is 5.35. The Balaban J connectivity index is 1.89. The van der Waals surface area contributed by atoms with Crippen molar-refractivity contribution in [2.45, 2.75) is 0 Å². The van der Waals surface area contributed by atoms with Crippen molar-refractivity contribution in [1.82, 2.24) is 9.97 Å². The van der Waals surface area contributed by atoms with Gasteiger partial charge < -0.3 is 0 Å². The standard InChI is InChI=1S/C18H14N4OS/c1-22(18-20-16(23)10-11-24-18)21-17-12-6-2-4-8-14(12)19-15-9-5-3-7-13(15)17/h2-11H,1H3,(H,19,21). The fourth-order valence-electron chi connectivity index (χ4n) is 2.64. The molecule has 0 fully saturated rings. The number of hydrogen-bond acceptors (Lipinski definition) is 6. The predicted molar refractivity (Wildman–Crippen MR) is 99.7 cm³/mol. The van der Waals surface area contributed by atoms with Crippen LogP contribution < -0.4 is 16.0 Å². The van der Waals surface area contributed by atoms with E-state index in [2.05, 4.69) is 10.4 Å². The molecule has 0 aliphatic rings. The first kappa shape index (κ1) is 14.6. The maximum absolute atomic E-state index is 11.5. The van der Waals surface area contributed by atoms with Gasteiger partial charge in [-0.1, -0.05) is 36.4 Å². The quantitative estimate of drug-likeness (QED) is 0.458. The van der Waals surface area contributed by atoms with Crippen molar-refractivity contribution in [3.8, 4) is 0 Å². The van der Waals surface area contributed by atoms with Gasteiger partial charge in [0.2, 0.25) is 5.13 Å². The highest BCUT2D eigenvalue weighted by Crippen LogP contribution is 2.31. The number of para-hydroxylation sites is 2. The van der Waals surface area contributed by atoms with Crippen LogP contribution in [-0.2, 0) is 0 Å². The normalized spacial score (nSPS) is 10.9. The van der Waals surface area contributed by atoms with Gasteiger partial charge in [0.05, 0.1) is 16.7 Å². The highest BCUT2D eigenvalue weighted by atomic mass is 32.1. The van der Waals surface area contributed by atoms with Crippen LogP contribution >= 0.6 is 11.3 Å². The first-order chi connectivity index (χ1) is 11.7. The average Bonchev–Trinajstić information content (AvgIpc) is 2.61. The Labute approximate surface area is 142 Å². The van der Waals surface area contributed by atoms with Crippen LogP contribution in [0.25, 0.3) is 21.8 Å². The number of nitrogens with zero attached hydrogens (tertiary/aromatic N) is 3. The summed E-state index contributed by atoms with van der Waals surface area (Å²) in [4.78, 5) is 20.3. The molecule has 0 aliphatic carbocycles. The summed E-state index contributed by atoms with van der Waals surface area (Å²) in [6, 6.07) is 17.4. The Hall–Kier alpha value is -2.99. The van der Waals surface area contributed by atoms with Crippen molar-refractivity contribution in [2.24, 2.45) is 0 Å². The fraction of sp³-hybridized carbons (Fsp3) is 0.0556. The molecule has 0 bridgehead atoms. The van der Waals surface area contributed by atoms with Crippen LogP contribution in [0.5, 0.6) is 0 Å². The number of anilines is 2.